The zero-order valence-corrected chi connectivity index (χ0v) is 15.1. The molecule has 1 aromatic rings. The van der Waals surface area contributed by atoms with Crippen LogP contribution in [0.1, 0.15) is 26.2 Å². The number of carbonyl (C=O) groups excluding carboxylic acids is 1. The molecule has 1 aliphatic rings. The number of nitrogens with two attached hydrogens (primary N) is 1. The maximum Gasteiger partial charge on any atom is 0.235 e. The SMILES string of the molecule is CC(Sc1ccccc1Cl)C(=O)N1CCC(OCCCN)CC1. The molecule has 0 spiro atoms. The molecule has 1 saturated heterocycles. The maximum atomic E-state index is 12.6. The van der Waals surface area contributed by atoms with E-state index >= 15 is 0 Å². The Balaban J connectivity index is 1.79. The van der Waals surface area contributed by atoms with Crippen molar-refractivity contribution in [3.05, 3.63) is 29.3 Å². The van der Waals surface area contributed by atoms with Crippen LogP contribution in [0.15, 0.2) is 29.2 Å². The fraction of sp³-hybridized carbons (Fsp3) is 0.588. The Kier molecular flexibility index (Phi) is 7.70. The van der Waals surface area contributed by atoms with Gasteiger partial charge in [0.2, 0.25) is 5.91 Å². The van der Waals surface area contributed by atoms with Crippen LogP contribution in [-0.4, -0.2) is 48.4 Å². The third-order valence-corrected chi connectivity index (χ3v) is 5.55. The molecule has 1 heterocycles. The predicted octanol–water partition coefficient (Wildman–Crippen LogP) is 3.18. The number of hydrogen-bond acceptors (Lipinski definition) is 4. The van der Waals surface area contributed by atoms with Gasteiger partial charge in [-0.2, -0.15) is 0 Å². The van der Waals surface area contributed by atoms with E-state index in [4.69, 9.17) is 22.1 Å². The zero-order valence-electron chi connectivity index (χ0n) is 13.5. The normalized spacial score (nSPS) is 17.3. The first-order chi connectivity index (χ1) is 11.1. The number of rotatable bonds is 7. The third kappa shape index (κ3) is 5.68. The van der Waals surface area contributed by atoms with E-state index in [2.05, 4.69) is 0 Å². The summed E-state index contributed by atoms with van der Waals surface area (Å²) in [5.41, 5.74) is 5.47. The number of amides is 1. The minimum atomic E-state index is -0.135. The molecule has 1 aromatic carbocycles. The minimum Gasteiger partial charge on any atom is -0.378 e. The van der Waals surface area contributed by atoms with E-state index in [0.717, 1.165) is 37.2 Å². The van der Waals surface area contributed by atoms with Crippen LogP contribution in [0.5, 0.6) is 0 Å². The topological polar surface area (TPSA) is 55.6 Å². The second kappa shape index (κ2) is 9.52. The lowest BCUT2D eigenvalue weighted by atomic mass is 10.1. The van der Waals surface area contributed by atoms with E-state index in [1.807, 2.05) is 36.1 Å². The summed E-state index contributed by atoms with van der Waals surface area (Å²) >= 11 is 7.69. The van der Waals surface area contributed by atoms with E-state index in [0.29, 0.717) is 18.2 Å². The molecule has 6 heteroatoms. The second-order valence-electron chi connectivity index (χ2n) is 5.73. The number of carbonyl (C=O) groups is 1. The molecule has 1 fully saturated rings. The van der Waals surface area contributed by atoms with Crippen LogP contribution in [-0.2, 0) is 9.53 Å². The molecule has 0 aliphatic carbocycles. The molecule has 4 nitrogen and oxygen atoms in total. The fourth-order valence-electron chi connectivity index (χ4n) is 2.61. The standard InChI is InChI=1S/C17H25ClN2O2S/c1-13(23-16-6-3-2-5-15(16)18)17(21)20-10-7-14(8-11-20)22-12-4-9-19/h2-3,5-6,13-14H,4,7-12,19H2,1H3. The number of hydrogen-bond donors (Lipinski definition) is 1. The van der Waals surface area contributed by atoms with Crippen LogP contribution in [0.25, 0.3) is 0 Å². The number of likely N-dealkylation sites (tertiary alicyclic amines) is 1. The first-order valence-corrected chi connectivity index (χ1v) is 9.39. The van der Waals surface area contributed by atoms with Gasteiger partial charge in [-0.05, 0) is 44.9 Å². The van der Waals surface area contributed by atoms with Gasteiger partial charge in [-0.25, -0.2) is 0 Å². The van der Waals surface area contributed by atoms with Crippen molar-refractivity contribution in [1.82, 2.24) is 4.90 Å². The molecule has 0 bridgehead atoms. The highest BCUT2D eigenvalue weighted by Crippen LogP contribution is 2.31. The van der Waals surface area contributed by atoms with Crippen LogP contribution in [0.4, 0.5) is 0 Å². The molecule has 1 amide bonds. The summed E-state index contributed by atoms with van der Waals surface area (Å²) in [5.74, 6) is 0.176. The number of benzene rings is 1. The van der Waals surface area contributed by atoms with Crippen LogP contribution in [0.2, 0.25) is 5.02 Å². The van der Waals surface area contributed by atoms with Crippen LogP contribution < -0.4 is 5.73 Å². The fourth-order valence-corrected chi connectivity index (χ4v) is 3.85. The van der Waals surface area contributed by atoms with E-state index in [1.165, 1.54) is 11.8 Å². The number of piperidine rings is 1. The molecule has 0 aromatic heterocycles. The Hall–Kier alpha value is -0.750. The van der Waals surface area contributed by atoms with Gasteiger partial charge >= 0.3 is 0 Å². The van der Waals surface area contributed by atoms with Crippen molar-refractivity contribution in [1.29, 1.82) is 0 Å². The summed E-state index contributed by atoms with van der Waals surface area (Å²) in [6.45, 7) is 4.85. The van der Waals surface area contributed by atoms with Gasteiger partial charge in [0.15, 0.2) is 0 Å². The summed E-state index contributed by atoms with van der Waals surface area (Å²) in [7, 11) is 0. The first-order valence-electron chi connectivity index (χ1n) is 8.13. The lowest BCUT2D eigenvalue weighted by Gasteiger charge is -2.33. The minimum absolute atomic E-state index is 0.135. The van der Waals surface area contributed by atoms with E-state index in [1.54, 1.807) is 0 Å². The van der Waals surface area contributed by atoms with E-state index in [9.17, 15) is 4.79 Å². The average molecular weight is 357 g/mol. The summed E-state index contributed by atoms with van der Waals surface area (Å²) in [4.78, 5) is 15.5. The van der Waals surface area contributed by atoms with Crippen molar-refractivity contribution in [3.63, 3.8) is 0 Å². The lowest BCUT2D eigenvalue weighted by molar-refractivity contribution is -0.132. The highest BCUT2D eigenvalue weighted by Gasteiger charge is 2.27. The summed E-state index contributed by atoms with van der Waals surface area (Å²) in [6, 6.07) is 7.64. The summed E-state index contributed by atoms with van der Waals surface area (Å²) in [5, 5.41) is 0.564. The molecule has 1 atom stereocenters. The summed E-state index contributed by atoms with van der Waals surface area (Å²) in [6.07, 6.45) is 2.96. The third-order valence-electron chi connectivity index (χ3n) is 3.94. The monoisotopic (exact) mass is 356 g/mol. The number of halogens is 1. The molecule has 0 saturated carbocycles. The van der Waals surface area contributed by atoms with Crippen LogP contribution in [0.3, 0.4) is 0 Å². The predicted molar refractivity (Wildman–Crippen MR) is 96.0 cm³/mol. The molecule has 1 unspecified atom stereocenters. The molecular weight excluding hydrogens is 332 g/mol. The number of ether oxygens (including phenoxy) is 1. The van der Waals surface area contributed by atoms with Gasteiger partial charge < -0.3 is 15.4 Å². The second-order valence-corrected chi connectivity index (χ2v) is 7.52. The van der Waals surface area contributed by atoms with Crippen molar-refractivity contribution in [2.75, 3.05) is 26.2 Å². The molecule has 0 radical (unpaired) electrons. The Labute approximate surface area is 147 Å². The Morgan fingerprint density at radius 1 is 1.43 bits per heavy atom. The van der Waals surface area contributed by atoms with Gasteiger partial charge in [0.1, 0.15) is 0 Å². The molecule has 2 rings (SSSR count). The van der Waals surface area contributed by atoms with Crippen molar-refractivity contribution >= 4 is 29.3 Å². The van der Waals surface area contributed by atoms with Crippen molar-refractivity contribution < 1.29 is 9.53 Å². The highest BCUT2D eigenvalue weighted by molar-refractivity contribution is 8.00. The van der Waals surface area contributed by atoms with Crippen molar-refractivity contribution in [3.8, 4) is 0 Å². The quantitative estimate of drug-likeness (QED) is 0.602. The highest BCUT2D eigenvalue weighted by atomic mass is 35.5. The number of nitrogens with zero attached hydrogens (tertiary/aromatic N) is 1. The lowest BCUT2D eigenvalue weighted by Crippen LogP contribution is -2.44. The summed E-state index contributed by atoms with van der Waals surface area (Å²) < 4.78 is 5.78. The Morgan fingerprint density at radius 3 is 2.78 bits per heavy atom. The van der Waals surface area contributed by atoms with E-state index in [-0.39, 0.29) is 17.3 Å². The largest absolute Gasteiger partial charge is 0.378 e. The molecule has 128 valence electrons. The van der Waals surface area contributed by atoms with Crippen molar-refractivity contribution in [2.24, 2.45) is 5.73 Å². The van der Waals surface area contributed by atoms with Gasteiger partial charge in [-0.3, -0.25) is 4.79 Å². The average Bonchev–Trinajstić information content (AvgIpc) is 2.57. The number of thioether (sulfide) groups is 1. The van der Waals surface area contributed by atoms with Gasteiger partial charge in [0.25, 0.3) is 0 Å². The zero-order chi connectivity index (χ0) is 16.7. The van der Waals surface area contributed by atoms with Gasteiger partial charge in [0.05, 0.1) is 16.4 Å². The smallest absolute Gasteiger partial charge is 0.235 e. The Morgan fingerprint density at radius 2 is 2.13 bits per heavy atom. The van der Waals surface area contributed by atoms with Gasteiger partial charge in [0, 0.05) is 24.6 Å². The molecule has 1 aliphatic heterocycles. The Bertz CT molecular complexity index is 507. The maximum absolute atomic E-state index is 12.6. The van der Waals surface area contributed by atoms with Crippen molar-refractivity contribution in [2.45, 2.75) is 42.4 Å². The molecule has 23 heavy (non-hydrogen) atoms. The first kappa shape index (κ1) is 18.6. The van der Waals surface area contributed by atoms with Crippen LogP contribution >= 0.6 is 23.4 Å². The van der Waals surface area contributed by atoms with Gasteiger partial charge in [-0.1, -0.05) is 23.7 Å². The molecular formula is C17H25ClN2O2S. The van der Waals surface area contributed by atoms with Gasteiger partial charge in [-0.15, -0.1) is 11.8 Å². The molecule has 2 N–H and O–H groups in total. The van der Waals surface area contributed by atoms with Crippen LogP contribution in [0, 0.1) is 0 Å². The van der Waals surface area contributed by atoms with E-state index < -0.39 is 0 Å².